The smallest absolute Gasteiger partial charge is 0.352 e. The van der Waals surface area contributed by atoms with Gasteiger partial charge in [-0.3, -0.25) is 4.79 Å². The van der Waals surface area contributed by atoms with Crippen molar-refractivity contribution in [2.24, 2.45) is 0 Å². The van der Waals surface area contributed by atoms with Gasteiger partial charge in [0.1, 0.15) is 0 Å². The Morgan fingerprint density at radius 3 is 2.26 bits per heavy atom. The summed E-state index contributed by atoms with van der Waals surface area (Å²) in [5, 5.41) is 3.61. The SMILES string of the molecule is O=C(NCCCCCBr)c1ccc(C(F)(F)F)cc1. The van der Waals surface area contributed by atoms with E-state index in [0.717, 1.165) is 36.7 Å². The zero-order chi connectivity index (χ0) is 14.3. The molecule has 106 valence electrons. The molecule has 0 unspecified atom stereocenters. The largest absolute Gasteiger partial charge is 0.416 e. The fourth-order valence-corrected chi connectivity index (χ4v) is 1.91. The Morgan fingerprint density at radius 1 is 1.11 bits per heavy atom. The molecule has 0 aliphatic carbocycles. The standard InChI is InChI=1S/C13H15BrF3NO/c14-8-2-1-3-9-18-12(19)10-4-6-11(7-5-10)13(15,16)17/h4-7H,1-3,8-9H2,(H,18,19). The first-order chi connectivity index (χ1) is 8.95. The Morgan fingerprint density at radius 2 is 1.74 bits per heavy atom. The minimum atomic E-state index is -4.37. The zero-order valence-corrected chi connectivity index (χ0v) is 11.9. The van der Waals surface area contributed by atoms with Crippen LogP contribution in [0.15, 0.2) is 24.3 Å². The van der Waals surface area contributed by atoms with Crippen LogP contribution in [0.1, 0.15) is 35.2 Å². The van der Waals surface area contributed by atoms with Gasteiger partial charge in [0.25, 0.3) is 5.91 Å². The Labute approximate surface area is 118 Å². The molecule has 1 aromatic carbocycles. The quantitative estimate of drug-likeness (QED) is 0.617. The van der Waals surface area contributed by atoms with Crippen LogP contribution in [-0.4, -0.2) is 17.8 Å². The fraction of sp³-hybridized carbons (Fsp3) is 0.462. The first-order valence-corrected chi connectivity index (χ1v) is 7.08. The van der Waals surface area contributed by atoms with Gasteiger partial charge in [0.05, 0.1) is 5.56 Å². The predicted molar refractivity (Wildman–Crippen MR) is 71.4 cm³/mol. The first-order valence-electron chi connectivity index (χ1n) is 5.96. The Hall–Kier alpha value is -1.04. The highest BCUT2D eigenvalue weighted by molar-refractivity contribution is 9.09. The summed E-state index contributed by atoms with van der Waals surface area (Å²) in [5.41, 5.74) is -0.505. The van der Waals surface area contributed by atoms with Crippen LogP contribution in [0.3, 0.4) is 0 Å². The van der Waals surface area contributed by atoms with Crippen molar-refractivity contribution in [3.8, 4) is 0 Å². The third-order valence-corrected chi connectivity index (χ3v) is 3.13. The lowest BCUT2D eigenvalue weighted by Gasteiger charge is -2.08. The first kappa shape index (κ1) is 16.0. The number of carbonyl (C=O) groups is 1. The van der Waals surface area contributed by atoms with E-state index in [9.17, 15) is 18.0 Å². The fourth-order valence-electron chi connectivity index (χ4n) is 1.51. The second-order valence-electron chi connectivity index (χ2n) is 4.08. The van der Waals surface area contributed by atoms with Crippen molar-refractivity contribution >= 4 is 21.8 Å². The van der Waals surface area contributed by atoms with Crippen LogP contribution in [0, 0.1) is 0 Å². The summed E-state index contributed by atoms with van der Waals surface area (Å²) in [5.74, 6) is -0.340. The Balaban J connectivity index is 2.45. The van der Waals surface area contributed by atoms with E-state index in [1.54, 1.807) is 0 Å². The van der Waals surface area contributed by atoms with Gasteiger partial charge in [0.2, 0.25) is 0 Å². The van der Waals surface area contributed by atoms with Gasteiger partial charge < -0.3 is 5.32 Å². The predicted octanol–water partition coefficient (Wildman–Crippen LogP) is 4.00. The van der Waals surface area contributed by atoms with Crippen molar-refractivity contribution in [2.75, 3.05) is 11.9 Å². The number of benzene rings is 1. The average molecular weight is 338 g/mol. The molecule has 1 rings (SSSR count). The molecule has 0 aliphatic heterocycles. The second-order valence-corrected chi connectivity index (χ2v) is 4.87. The number of amides is 1. The monoisotopic (exact) mass is 337 g/mol. The summed E-state index contributed by atoms with van der Waals surface area (Å²) in [7, 11) is 0. The molecule has 0 saturated carbocycles. The number of nitrogens with one attached hydrogen (secondary N) is 1. The number of halogens is 4. The summed E-state index contributed by atoms with van der Waals surface area (Å²) in [6.45, 7) is 0.535. The maximum atomic E-state index is 12.3. The van der Waals surface area contributed by atoms with Gasteiger partial charge >= 0.3 is 6.18 Å². The molecule has 0 spiro atoms. The van der Waals surface area contributed by atoms with Crippen molar-refractivity contribution in [1.29, 1.82) is 0 Å². The van der Waals surface area contributed by atoms with Gasteiger partial charge in [-0.2, -0.15) is 13.2 Å². The van der Waals surface area contributed by atoms with Crippen LogP contribution < -0.4 is 5.32 Å². The topological polar surface area (TPSA) is 29.1 Å². The lowest BCUT2D eigenvalue weighted by molar-refractivity contribution is -0.137. The Bertz CT molecular complexity index is 403. The van der Waals surface area contributed by atoms with Crippen molar-refractivity contribution in [3.63, 3.8) is 0 Å². The number of rotatable bonds is 6. The summed E-state index contributed by atoms with van der Waals surface area (Å²) in [6, 6.07) is 4.22. The third-order valence-electron chi connectivity index (χ3n) is 2.57. The van der Waals surface area contributed by atoms with E-state index in [1.807, 2.05) is 0 Å². The highest BCUT2D eigenvalue weighted by Crippen LogP contribution is 2.28. The average Bonchev–Trinajstić information content (AvgIpc) is 2.37. The molecule has 0 saturated heterocycles. The molecule has 6 heteroatoms. The summed E-state index contributed by atoms with van der Waals surface area (Å²) in [6.07, 6.45) is -1.47. The van der Waals surface area contributed by atoms with Gasteiger partial charge in [-0.05, 0) is 37.1 Å². The molecular weight excluding hydrogens is 323 g/mol. The molecule has 0 bridgehead atoms. The van der Waals surface area contributed by atoms with Gasteiger partial charge in [0.15, 0.2) is 0 Å². The van der Waals surface area contributed by atoms with Crippen LogP contribution in [0.4, 0.5) is 13.2 Å². The molecule has 19 heavy (non-hydrogen) atoms. The number of unbranched alkanes of at least 4 members (excludes halogenated alkanes) is 2. The molecular formula is C13H15BrF3NO. The number of carbonyl (C=O) groups excluding carboxylic acids is 1. The molecule has 0 heterocycles. The van der Waals surface area contributed by atoms with Gasteiger partial charge in [-0.15, -0.1) is 0 Å². The number of alkyl halides is 4. The lowest BCUT2D eigenvalue weighted by Crippen LogP contribution is -2.24. The van der Waals surface area contributed by atoms with E-state index in [-0.39, 0.29) is 11.5 Å². The highest BCUT2D eigenvalue weighted by atomic mass is 79.9. The molecule has 0 radical (unpaired) electrons. The Kier molecular flexibility index (Phi) is 6.34. The van der Waals surface area contributed by atoms with Crippen LogP contribution >= 0.6 is 15.9 Å². The molecule has 0 aromatic heterocycles. The van der Waals surface area contributed by atoms with E-state index in [0.29, 0.717) is 6.54 Å². The molecule has 1 N–H and O–H groups in total. The van der Waals surface area contributed by atoms with E-state index in [4.69, 9.17) is 0 Å². The zero-order valence-electron chi connectivity index (χ0n) is 10.3. The second kappa shape index (κ2) is 7.53. The maximum absolute atomic E-state index is 12.3. The van der Waals surface area contributed by atoms with Crippen LogP contribution in [0.5, 0.6) is 0 Å². The summed E-state index contributed by atoms with van der Waals surface area (Å²) < 4.78 is 37.0. The molecule has 1 aromatic rings. The minimum absolute atomic E-state index is 0.244. The van der Waals surface area contributed by atoms with Crippen LogP contribution in [0.2, 0.25) is 0 Å². The molecule has 1 amide bonds. The normalized spacial score (nSPS) is 11.4. The maximum Gasteiger partial charge on any atom is 0.416 e. The summed E-state index contributed by atoms with van der Waals surface area (Å²) >= 11 is 3.31. The van der Waals surface area contributed by atoms with Gasteiger partial charge in [-0.25, -0.2) is 0 Å². The van der Waals surface area contributed by atoms with Crippen molar-refractivity contribution in [2.45, 2.75) is 25.4 Å². The number of hydrogen-bond acceptors (Lipinski definition) is 1. The minimum Gasteiger partial charge on any atom is -0.352 e. The van der Waals surface area contributed by atoms with E-state index in [1.165, 1.54) is 12.1 Å². The number of hydrogen-bond donors (Lipinski definition) is 1. The molecule has 2 nitrogen and oxygen atoms in total. The molecule has 0 fully saturated rings. The summed E-state index contributed by atoms with van der Waals surface area (Å²) in [4.78, 5) is 11.6. The highest BCUT2D eigenvalue weighted by Gasteiger charge is 2.30. The molecule has 0 atom stereocenters. The van der Waals surface area contributed by atoms with E-state index in [2.05, 4.69) is 21.2 Å². The third kappa shape index (κ3) is 5.63. The van der Waals surface area contributed by atoms with E-state index >= 15 is 0 Å². The van der Waals surface area contributed by atoms with E-state index < -0.39 is 11.7 Å². The van der Waals surface area contributed by atoms with Gasteiger partial charge in [-0.1, -0.05) is 22.4 Å². The van der Waals surface area contributed by atoms with Crippen molar-refractivity contribution in [3.05, 3.63) is 35.4 Å². The lowest BCUT2D eigenvalue weighted by atomic mass is 10.1. The van der Waals surface area contributed by atoms with Crippen LogP contribution in [-0.2, 0) is 6.18 Å². The van der Waals surface area contributed by atoms with Crippen LogP contribution in [0.25, 0.3) is 0 Å². The van der Waals surface area contributed by atoms with Crippen molar-refractivity contribution < 1.29 is 18.0 Å². The van der Waals surface area contributed by atoms with Gasteiger partial charge in [0, 0.05) is 17.4 Å². The van der Waals surface area contributed by atoms with Crippen molar-refractivity contribution in [1.82, 2.24) is 5.32 Å². The molecule has 0 aliphatic rings.